The molecule has 31 heavy (non-hydrogen) atoms. The number of piperidine rings is 1. The lowest BCUT2D eigenvalue weighted by atomic mass is 9.84. The van der Waals surface area contributed by atoms with Crippen LogP contribution in [0, 0.1) is 0 Å². The number of nitrogens with zero attached hydrogens (tertiary/aromatic N) is 2. The van der Waals surface area contributed by atoms with Crippen LogP contribution in [0.25, 0.3) is 0 Å². The summed E-state index contributed by atoms with van der Waals surface area (Å²) in [6.07, 6.45) is 1.69. The first kappa shape index (κ1) is 21.7. The Morgan fingerprint density at radius 2 is 1.81 bits per heavy atom. The predicted molar refractivity (Wildman–Crippen MR) is 122 cm³/mol. The molecule has 0 unspecified atom stereocenters. The summed E-state index contributed by atoms with van der Waals surface area (Å²) in [7, 11) is 0. The van der Waals surface area contributed by atoms with Gasteiger partial charge in [0.25, 0.3) is 0 Å². The summed E-state index contributed by atoms with van der Waals surface area (Å²) in [5, 5.41) is 9.20. The fraction of sp³-hybridized carbons (Fsp3) is 0.417. The Balaban J connectivity index is 1.29. The molecule has 0 aliphatic carbocycles. The number of anilines is 1. The molecule has 0 atom stereocenters. The number of nitrogens with one attached hydrogen (secondary N) is 1. The minimum Gasteiger partial charge on any atom is -0.388 e. The Kier molecular flexibility index (Phi) is 5.95. The third-order valence-electron chi connectivity index (χ3n) is 5.88. The van der Waals surface area contributed by atoms with E-state index in [4.69, 9.17) is 21.3 Å². The van der Waals surface area contributed by atoms with Crippen LogP contribution in [0.15, 0.2) is 53.7 Å². The molecule has 7 heteroatoms. The molecular formula is C24H28ClN3O3. The average molecular weight is 442 g/mol. The number of para-hydroxylation sites is 1. The number of hydrogen-bond donors (Lipinski definition) is 1. The van der Waals surface area contributed by atoms with Crippen molar-refractivity contribution in [3.63, 3.8) is 0 Å². The van der Waals surface area contributed by atoms with Gasteiger partial charge in [-0.2, -0.15) is 0 Å². The molecule has 1 N–H and O–H groups in total. The van der Waals surface area contributed by atoms with E-state index in [9.17, 15) is 4.79 Å². The fourth-order valence-electron chi connectivity index (χ4n) is 3.90. The maximum absolute atomic E-state index is 12.2. The van der Waals surface area contributed by atoms with Crippen molar-refractivity contribution in [1.29, 1.82) is 0 Å². The maximum Gasteiger partial charge on any atom is 0.430 e. The zero-order valence-electron chi connectivity index (χ0n) is 18.2. The Morgan fingerprint density at radius 3 is 2.45 bits per heavy atom. The highest BCUT2D eigenvalue weighted by molar-refractivity contribution is 6.33. The summed E-state index contributed by atoms with van der Waals surface area (Å²) in [6, 6.07) is 15.6. The summed E-state index contributed by atoms with van der Waals surface area (Å²) in [5.41, 5.74) is 3.70. The van der Waals surface area contributed by atoms with E-state index in [0.717, 1.165) is 30.5 Å². The SMILES string of the molecule is CC(C)(C)c1ccc(C2=NOC3(CCN(OC(=O)Nc4ccccc4Cl)CC3)C2)cc1. The molecule has 2 aliphatic rings. The van der Waals surface area contributed by atoms with Crippen molar-refractivity contribution in [3.05, 3.63) is 64.7 Å². The van der Waals surface area contributed by atoms with Crippen LogP contribution in [0.2, 0.25) is 5.02 Å². The largest absolute Gasteiger partial charge is 0.430 e. The zero-order valence-corrected chi connectivity index (χ0v) is 18.9. The van der Waals surface area contributed by atoms with Gasteiger partial charge in [0.2, 0.25) is 0 Å². The zero-order chi connectivity index (χ0) is 22.1. The van der Waals surface area contributed by atoms with E-state index in [0.29, 0.717) is 23.8 Å². The van der Waals surface area contributed by atoms with Gasteiger partial charge < -0.3 is 9.68 Å². The highest BCUT2D eigenvalue weighted by Gasteiger charge is 2.43. The number of amides is 1. The van der Waals surface area contributed by atoms with Crippen molar-refractivity contribution >= 4 is 29.1 Å². The number of carbonyl (C=O) groups is 1. The second-order valence-electron chi connectivity index (χ2n) is 9.23. The van der Waals surface area contributed by atoms with Crippen LogP contribution in [0.3, 0.4) is 0 Å². The van der Waals surface area contributed by atoms with E-state index in [-0.39, 0.29) is 11.0 Å². The average Bonchev–Trinajstić information content (AvgIpc) is 3.15. The third kappa shape index (κ3) is 5.02. The summed E-state index contributed by atoms with van der Waals surface area (Å²) < 4.78 is 0. The van der Waals surface area contributed by atoms with Gasteiger partial charge in [0.05, 0.1) is 16.4 Å². The van der Waals surface area contributed by atoms with Gasteiger partial charge >= 0.3 is 6.09 Å². The van der Waals surface area contributed by atoms with Crippen molar-refractivity contribution in [2.75, 3.05) is 18.4 Å². The van der Waals surface area contributed by atoms with Crippen LogP contribution in [-0.2, 0) is 15.1 Å². The minimum absolute atomic E-state index is 0.124. The van der Waals surface area contributed by atoms with Crippen molar-refractivity contribution in [1.82, 2.24) is 5.06 Å². The van der Waals surface area contributed by atoms with Gasteiger partial charge in [-0.25, -0.2) is 4.79 Å². The number of halogens is 1. The lowest BCUT2D eigenvalue weighted by Crippen LogP contribution is -2.45. The lowest BCUT2D eigenvalue weighted by molar-refractivity contribution is -0.154. The van der Waals surface area contributed by atoms with Crippen molar-refractivity contribution in [3.8, 4) is 0 Å². The molecule has 2 aromatic rings. The molecule has 1 fully saturated rings. The van der Waals surface area contributed by atoms with Crippen molar-refractivity contribution in [2.45, 2.75) is 51.0 Å². The fourth-order valence-corrected chi connectivity index (χ4v) is 4.09. The molecule has 164 valence electrons. The molecule has 0 saturated carbocycles. The van der Waals surface area contributed by atoms with E-state index < -0.39 is 6.09 Å². The van der Waals surface area contributed by atoms with Crippen LogP contribution in [0.1, 0.15) is 51.2 Å². The second-order valence-corrected chi connectivity index (χ2v) is 9.64. The van der Waals surface area contributed by atoms with Gasteiger partial charge in [-0.05, 0) is 28.7 Å². The third-order valence-corrected chi connectivity index (χ3v) is 6.21. The summed E-state index contributed by atoms with van der Waals surface area (Å²) in [5.74, 6) is 0. The first-order chi connectivity index (χ1) is 14.7. The van der Waals surface area contributed by atoms with Gasteiger partial charge in [0, 0.05) is 32.4 Å². The lowest BCUT2D eigenvalue weighted by Gasteiger charge is -2.35. The molecule has 2 aromatic carbocycles. The Labute approximate surface area is 188 Å². The number of rotatable bonds is 3. The molecule has 0 aromatic heterocycles. The van der Waals surface area contributed by atoms with E-state index in [1.165, 1.54) is 5.56 Å². The van der Waals surface area contributed by atoms with Gasteiger partial charge in [-0.3, -0.25) is 5.32 Å². The first-order valence-corrected chi connectivity index (χ1v) is 11.0. The summed E-state index contributed by atoms with van der Waals surface area (Å²) in [4.78, 5) is 23.5. The highest BCUT2D eigenvalue weighted by Crippen LogP contribution is 2.36. The van der Waals surface area contributed by atoms with E-state index in [1.54, 1.807) is 29.3 Å². The van der Waals surface area contributed by atoms with E-state index in [1.807, 2.05) is 0 Å². The molecule has 4 rings (SSSR count). The van der Waals surface area contributed by atoms with Gasteiger partial charge in [0.15, 0.2) is 0 Å². The molecule has 1 saturated heterocycles. The van der Waals surface area contributed by atoms with Crippen molar-refractivity contribution < 1.29 is 14.5 Å². The standard InChI is InChI=1S/C24H28ClN3O3/c1-23(2,3)18-10-8-17(9-11-18)21-16-24(31-27-21)12-14-28(15-13-24)30-22(29)26-20-7-5-4-6-19(20)25/h4-11H,12-16H2,1-3H3,(H,26,29). The smallest absolute Gasteiger partial charge is 0.388 e. The molecule has 1 amide bonds. The quantitative estimate of drug-likeness (QED) is 0.657. The Bertz CT molecular complexity index is 974. The predicted octanol–water partition coefficient (Wildman–Crippen LogP) is 5.76. The van der Waals surface area contributed by atoms with Crippen LogP contribution in [-0.4, -0.2) is 35.6 Å². The number of hydrogen-bond acceptors (Lipinski definition) is 5. The second kappa shape index (κ2) is 8.52. The van der Waals surface area contributed by atoms with Crippen LogP contribution in [0.5, 0.6) is 0 Å². The monoisotopic (exact) mass is 441 g/mol. The highest BCUT2D eigenvalue weighted by atomic mass is 35.5. The molecule has 1 spiro atoms. The van der Waals surface area contributed by atoms with E-state index >= 15 is 0 Å². The number of oxime groups is 1. The molecule has 6 nitrogen and oxygen atoms in total. The Hall–Kier alpha value is -2.57. The topological polar surface area (TPSA) is 63.2 Å². The molecule has 0 radical (unpaired) electrons. The normalized spacial score (nSPS) is 18.4. The molecular weight excluding hydrogens is 414 g/mol. The minimum atomic E-state index is -0.549. The van der Waals surface area contributed by atoms with Crippen LogP contribution in [0.4, 0.5) is 10.5 Å². The van der Waals surface area contributed by atoms with Gasteiger partial charge in [-0.15, -0.1) is 5.06 Å². The summed E-state index contributed by atoms with van der Waals surface area (Å²) >= 11 is 6.07. The van der Waals surface area contributed by atoms with Crippen molar-refractivity contribution in [2.24, 2.45) is 5.16 Å². The molecule has 0 bridgehead atoms. The van der Waals surface area contributed by atoms with Gasteiger partial charge in [-0.1, -0.05) is 73.9 Å². The number of benzene rings is 2. The van der Waals surface area contributed by atoms with Gasteiger partial charge in [0.1, 0.15) is 5.60 Å². The molecule has 2 aliphatic heterocycles. The first-order valence-electron chi connectivity index (χ1n) is 10.6. The molecule has 2 heterocycles. The van der Waals surface area contributed by atoms with Crippen LogP contribution >= 0.6 is 11.6 Å². The van der Waals surface area contributed by atoms with E-state index in [2.05, 4.69) is 55.5 Å². The van der Waals surface area contributed by atoms with Crippen LogP contribution < -0.4 is 5.32 Å². The number of carbonyl (C=O) groups excluding carboxylic acids is 1. The Morgan fingerprint density at radius 1 is 1.13 bits per heavy atom. The number of hydroxylamine groups is 2. The summed E-state index contributed by atoms with van der Waals surface area (Å²) in [6.45, 7) is 7.79. The maximum atomic E-state index is 12.2.